The molecule has 0 aromatic heterocycles. The molecule has 0 radical (unpaired) electrons. The molecule has 1 aliphatic carbocycles. The fourth-order valence-electron chi connectivity index (χ4n) is 2.27. The van der Waals surface area contributed by atoms with Crippen molar-refractivity contribution >= 4 is 0 Å². The number of hydrogen-bond donors (Lipinski definition) is 2. The summed E-state index contributed by atoms with van der Waals surface area (Å²) in [5, 5.41) is 12.8. The number of hydrogen-bond acceptors (Lipinski definition) is 4. The number of para-hydroxylation sites is 1. The first-order valence-corrected chi connectivity index (χ1v) is 6.86. The summed E-state index contributed by atoms with van der Waals surface area (Å²) in [6, 6.07) is 9.70. The summed E-state index contributed by atoms with van der Waals surface area (Å²) in [6.07, 6.45) is 2.34. The summed E-state index contributed by atoms with van der Waals surface area (Å²) in [6.45, 7) is 1.71. The van der Waals surface area contributed by atoms with Gasteiger partial charge in [0, 0.05) is 0 Å². The molecule has 1 atom stereocenters. The van der Waals surface area contributed by atoms with Crippen molar-refractivity contribution in [2.45, 2.75) is 18.4 Å². The summed E-state index contributed by atoms with van der Waals surface area (Å²) in [5.74, 6) is 1.40. The maximum Gasteiger partial charge on any atom is 0.119 e. The molecule has 1 saturated carbocycles. The van der Waals surface area contributed by atoms with Crippen LogP contribution in [0.3, 0.4) is 0 Å². The van der Waals surface area contributed by atoms with E-state index in [1.165, 1.54) is 12.8 Å². The van der Waals surface area contributed by atoms with Crippen LogP contribution in [0.15, 0.2) is 30.3 Å². The summed E-state index contributed by atoms with van der Waals surface area (Å²) in [4.78, 5) is 0. The van der Waals surface area contributed by atoms with Crippen molar-refractivity contribution in [2.75, 3.05) is 33.5 Å². The van der Waals surface area contributed by atoms with Crippen LogP contribution in [0.1, 0.15) is 12.8 Å². The number of nitrogens with one attached hydrogen (secondary N) is 1. The minimum absolute atomic E-state index is 0.119. The summed E-state index contributed by atoms with van der Waals surface area (Å²) >= 11 is 0. The topological polar surface area (TPSA) is 50.7 Å². The number of aliphatic hydroxyl groups excluding tert-OH is 1. The van der Waals surface area contributed by atoms with Crippen LogP contribution in [-0.4, -0.2) is 44.1 Å². The van der Waals surface area contributed by atoms with E-state index >= 15 is 0 Å². The Hall–Kier alpha value is -1.10. The monoisotopic (exact) mass is 265 g/mol. The molecule has 1 unspecified atom stereocenters. The number of likely N-dealkylation sites (N-methyl/N-ethyl adjacent to an activating group) is 1. The Kier molecular flexibility index (Phi) is 5.19. The second kappa shape index (κ2) is 6.89. The van der Waals surface area contributed by atoms with Crippen LogP contribution in [0.4, 0.5) is 0 Å². The van der Waals surface area contributed by atoms with Crippen molar-refractivity contribution in [3.63, 3.8) is 0 Å². The third-order valence-corrected chi connectivity index (χ3v) is 3.74. The first-order chi connectivity index (χ1) is 9.30. The highest BCUT2D eigenvalue weighted by atomic mass is 16.5. The minimum Gasteiger partial charge on any atom is -0.491 e. The molecule has 0 bridgehead atoms. The predicted molar refractivity (Wildman–Crippen MR) is 74.4 cm³/mol. The highest BCUT2D eigenvalue weighted by Crippen LogP contribution is 2.39. The van der Waals surface area contributed by atoms with E-state index in [1.807, 2.05) is 37.4 Å². The Labute approximate surface area is 114 Å². The number of benzene rings is 1. The zero-order valence-electron chi connectivity index (χ0n) is 11.5. The molecule has 1 aromatic carbocycles. The van der Waals surface area contributed by atoms with Crippen LogP contribution in [-0.2, 0) is 4.74 Å². The highest BCUT2D eigenvalue weighted by Gasteiger charge is 2.43. The van der Waals surface area contributed by atoms with Gasteiger partial charge in [0.25, 0.3) is 0 Å². The van der Waals surface area contributed by atoms with E-state index in [1.54, 1.807) is 0 Å². The number of rotatable bonds is 9. The zero-order valence-corrected chi connectivity index (χ0v) is 11.5. The van der Waals surface area contributed by atoms with E-state index in [4.69, 9.17) is 9.47 Å². The standard InChI is InChI=1S/C15H23NO3/c1-16-15(11-17,13-7-8-13)12-18-9-10-19-14-5-3-2-4-6-14/h2-6,13,16-17H,7-12H2,1H3. The molecule has 0 heterocycles. The van der Waals surface area contributed by atoms with Gasteiger partial charge in [-0.3, -0.25) is 0 Å². The molecule has 1 aromatic rings. The lowest BCUT2D eigenvalue weighted by atomic mass is 9.96. The largest absolute Gasteiger partial charge is 0.491 e. The Morgan fingerprint density at radius 2 is 2.00 bits per heavy atom. The van der Waals surface area contributed by atoms with E-state index in [2.05, 4.69) is 5.32 Å². The van der Waals surface area contributed by atoms with Gasteiger partial charge < -0.3 is 19.9 Å². The van der Waals surface area contributed by atoms with Crippen molar-refractivity contribution in [3.05, 3.63) is 30.3 Å². The molecule has 19 heavy (non-hydrogen) atoms. The van der Waals surface area contributed by atoms with Gasteiger partial charge in [-0.2, -0.15) is 0 Å². The normalized spacial score (nSPS) is 18.0. The first kappa shape index (κ1) is 14.3. The van der Waals surface area contributed by atoms with Gasteiger partial charge in [0.15, 0.2) is 0 Å². The summed E-state index contributed by atoms with van der Waals surface area (Å²) in [5.41, 5.74) is -0.271. The zero-order chi connectivity index (χ0) is 13.6. The molecule has 0 saturated heterocycles. The summed E-state index contributed by atoms with van der Waals surface area (Å²) < 4.78 is 11.2. The van der Waals surface area contributed by atoms with Crippen molar-refractivity contribution in [2.24, 2.45) is 5.92 Å². The maximum atomic E-state index is 9.55. The molecule has 106 valence electrons. The highest BCUT2D eigenvalue weighted by molar-refractivity contribution is 5.20. The molecule has 0 aliphatic heterocycles. The van der Waals surface area contributed by atoms with E-state index in [-0.39, 0.29) is 12.1 Å². The second-order valence-corrected chi connectivity index (χ2v) is 5.05. The van der Waals surface area contributed by atoms with Crippen molar-refractivity contribution in [1.29, 1.82) is 0 Å². The van der Waals surface area contributed by atoms with Crippen molar-refractivity contribution < 1.29 is 14.6 Å². The second-order valence-electron chi connectivity index (χ2n) is 5.05. The van der Waals surface area contributed by atoms with Gasteiger partial charge in [-0.15, -0.1) is 0 Å². The van der Waals surface area contributed by atoms with Crippen LogP contribution < -0.4 is 10.1 Å². The molecule has 2 N–H and O–H groups in total. The number of aliphatic hydroxyl groups is 1. The Morgan fingerprint density at radius 3 is 2.58 bits per heavy atom. The van der Waals surface area contributed by atoms with E-state index in [0.717, 1.165) is 5.75 Å². The Bertz CT molecular complexity index is 361. The molecule has 0 amide bonds. The van der Waals surface area contributed by atoms with Gasteiger partial charge in [0.2, 0.25) is 0 Å². The lowest BCUT2D eigenvalue weighted by molar-refractivity contribution is 0.0169. The quantitative estimate of drug-likeness (QED) is 0.663. The van der Waals surface area contributed by atoms with E-state index in [9.17, 15) is 5.11 Å². The average molecular weight is 265 g/mol. The van der Waals surface area contributed by atoms with Crippen LogP contribution in [0.5, 0.6) is 5.75 Å². The lowest BCUT2D eigenvalue weighted by Crippen LogP contribution is -2.52. The van der Waals surface area contributed by atoms with Gasteiger partial charge in [-0.05, 0) is 37.9 Å². The predicted octanol–water partition coefficient (Wildman–Crippen LogP) is 1.44. The molecule has 4 heteroatoms. The smallest absolute Gasteiger partial charge is 0.119 e. The van der Waals surface area contributed by atoms with Gasteiger partial charge >= 0.3 is 0 Å². The molecule has 2 rings (SSSR count). The Balaban J connectivity index is 1.66. The van der Waals surface area contributed by atoms with Crippen molar-refractivity contribution in [1.82, 2.24) is 5.32 Å². The van der Waals surface area contributed by atoms with Crippen LogP contribution >= 0.6 is 0 Å². The Morgan fingerprint density at radius 1 is 1.26 bits per heavy atom. The molecule has 0 spiro atoms. The fourth-order valence-corrected chi connectivity index (χ4v) is 2.27. The average Bonchev–Trinajstić information content (AvgIpc) is 3.29. The lowest BCUT2D eigenvalue weighted by Gasteiger charge is -2.31. The third kappa shape index (κ3) is 3.93. The molecular weight excluding hydrogens is 242 g/mol. The van der Waals surface area contributed by atoms with Gasteiger partial charge in [-0.25, -0.2) is 0 Å². The summed E-state index contributed by atoms with van der Waals surface area (Å²) in [7, 11) is 1.89. The number of ether oxygens (including phenoxy) is 2. The van der Waals surface area contributed by atoms with E-state index < -0.39 is 0 Å². The molecule has 1 fully saturated rings. The third-order valence-electron chi connectivity index (χ3n) is 3.74. The SMILES string of the molecule is CNC(CO)(COCCOc1ccccc1)C1CC1. The van der Waals surface area contributed by atoms with Gasteiger partial charge in [0.05, 0.1) is 25.4 Å². The molecule has 4 nitrogen and oxygen atoms in total. The van der Waals surface area contributed by atoms with Crippen LogP contribution in [0.25, 0.3) is 0 Å². The van der Waals surface area contributed by atoms with Crippen molar-refractivity contribution in [3.8, 4) is 5.75 Å². The molecule has 1 aliphatic rings. The van der Waals surface area contributed by atoms with Gasteiger partial charge in [0.1, 0.15) is 12.4 Å². The van der Waals surface area contributed by atoms with Crippen LogP contribution in [0.2, 0.25) is 0 Å². The fraction of sp³-hybridized carbons (Fsp3) is 0.600. The maximum absolute atomic E-state index is 9.55. The first-order valence-electron chi connectivity index (χ1n) is 6.86. The minimum atomic E-state index is -0.271. The molecular formula is C15H23NO3. The van der Waals surface area contributed by atoms with Gasteiger partial charge in [-0.1, -0.05) is 18.2 Å². The van der Waals surface area contributed by atoms with E-state index in [0.29, 0.717) is 25.7 Å². The van der Waals surface area contributed by atoms with Crippen LogP contribution in [0, 0.1) is 5.92 Å².